The number of nitrogens with one attached hydrogen (secondary N) is 1. The molecule has 0 atom stereocenters. The van der Waals surface area contributed by atoms with Crippen LogP contribution >= 0.6 is 22.9 Å². The number of halogens is 1. The van der Waals surface area contributed by atoms with Crippen LogP contribution < -0.4 is 5.32 Å². The van der Waals surface area contributed by atoms with Gasteiger partial charge in [-0.2, -0.15) is 0 Å². The minimum absolute atomic E-state index is 0.132. The number of benzene rings is 2. The molecule has 1 amide bonds. The van der Waals surface area contributed by atoms with E-state index in [0.717, 1.165) is 16.6 Å². The molecule has 0 aliphatic rings. The Morgan fingerprint density at radius 1 is 1.16 bits per heavy atom. The van der Waals surface area contributed by atoms with E-state index in [4.69, 9.17) is 16.1 Å². The number of hydrogen-bond acceptors (Lipinski definition) is 5. The normalized spacial score (nSPS) is 10.9. The zero-order valence-electron chi connectivity index (χ0n) is 12.9. The van der Waals surface area contributed by atoms with Crippen LogP contribution in [0.2, 0.25) is 5.02 Å². The van der Waals surface area contributed by atoms with Gasteiger partial charge in [0.15, 0.2) is 10.7 Å². The quantitative estimate of drug-likeness (QED) is 0.561. The summed E-state index contributed by atoms with van der Waals surface area (Å²) in [4.78, 5) is 16.7. The van der Waals surface area contributed by atoms with Crippen LogP contribution in [0.1, 0.15) is 5.69 Å². The Bertz CT molecular complexity index is 1040. The first kappa shape index (κ1) is 15.8. The van der Waals surface area contributed by atoms with Gasteiger partial charge in [0.2, 0.25) is 5.91 Å². The van der Waals surface area contributed by atoms with E-state index in [0.29, 0.717) is 21.4 Å². The van der Waals surface area contributed by atoms with Crippen molar-refractivity contribution in [1.82, 2.24) is 10.1 Å². The second-order valence-corrected chi connectivity index (χ2v) is 6.69. The largest absolute Gasteiger partial charge is 0.356 e. The fourth-order valence-electron chi connectivity index (χ4n) is 2.47. The third-order valence-electron chi connectivity index (χ3n) is 3.67. The molecule has 2 aromatic carbocycles. The highest BCUT2D eigenvalue weighted by Gasteiger charge is 2.13. The monoisotopic (exact) mass is 369 g/mol. The molecule has 0 saturated heterocycles. The summed E-state index contributed by atoms with van der Waals surface area (Å²) in [6, 6.07) is 14.9. The van der Waals surface area contributed by atoms with E-state index in [-0.39, 0.29) is 12.3 Å². The van der Waals surface area contributed by atoms with Crippen LogP contribution in [0.5, 0.6) is 0 Å². The molecule has 25 heavy (non-hydrogen) atoms. The molecule has 0 fully saturated rings. The average Bonchev–Trinajstić information content (AvgIpc) is 3.23. The summed E-state index contributed by atoms with van der Waals surface area (Å²) >= 11 is 7.27. The van der Waals surface area contributed by atoms with Crippen LogP contribution in [0, 0.1) is 0 Å². The van der Waals surface area contributed by atoms with Crippen molar-refractivity contribution in [2.75, 3.05) is 5.32 Å². The van der Waals surface area contributed by atoms with Crippen LogP contribution in [-0.2, 0) is 11.2 Å². The van der Waals surface area contributed by atoms with E-state index in [9.17, 15) is 4.79 Å². The molecule has 1 N–H and O–H groups in total. The molecule has 0 spiro atoms. The maximum Gasteiger partial charge on any atom is 0.232 e. The summed E-state index contributed by atoms with van der Waals surface area (Å²) in [5.41, 5.74) is 3.03. The average molecular weight is 370 g/mol. The minimum atomic E-state index is -0.184. The first-order valence-electron chi connectivity index (χ1n) is 7.53. The molecule has 4 rings (SSSR count). The first-order valence-corrected chi connectivity index (χ1v) is 8.79. The maximum atomic E-state index is 12.3. The fraction of sp³-hybridized carbons (Fsp3) is 0.0556. The number of hydrogen-bond donors (Lipinski definition) is 1. The van der Waals surface area contributed by atoms with Gasteiger partial charge in [0.1, 0.15) is 5.69 Å². The zero-order chi connectivity index (χ0) is 17.2. The van der Waals surface area contributed by atoms with Gasteiger partial charge in [-0.05, 0) is 24.3 Å². The molecule has 5 nitrogen and oxygen atoms in total. The van der Waals surface area contributed by atoms with Crippen molar-refractivity contribution in [1.29, 1.82) is 0 Å². The van der Waals surface area contributed by atoms with E-state index >= 15 is 0 Å². The van der Waals surface area contributed by atoms with Crippen molar-refractivity contribution in [2.45, 2.75) is 6.42 Å². The summed E-state index contributed by atoms with van der Waals surface area (Å²) in [6.45, 7) is 0. The molecule has 0 aliphatic heterocycles. The molecule has 0 bridgehead atoms. The van der Waals surface area contributed by atoms with Crippen molar-refractivity contribution in [3.63, 3.8) is 0 Å². The molecule has 4 aromatic rings. The summed E-state index contributed by atoms with van der Waals surface area (Å²) in [5.74, 6) is -0.184. The van der Waals surface area contributed by atoms with Crippen molar-refractivity contribution >= 4 is 44.9 Å². The van der Waals surface area contributed by atoms with E-state index in [1.165, 1.54) is 11.3 Å². The zero-order valence-corrected chi connectivity index (χ0v) is 14.5. The molecule has 7 heteroatoms. The van der Waals surface area contributed by atoms with Gasteiger partial charge in [0.05, 0.1) is 12.1 Å². The molecular formula is C18H12ClN3O2S. The SMILES string of the molecule is O=C(Cc1noc2ccccc12)Nc1nc(-c2ccc(Cl)cc2)cs1. The van der Waals surface area contributed by atoms with Crippen molar-refractivity contribution in [3.8, 4) is 11.3 Å². The number of amides is 1. The number of para-hydroxylation sites is 1. The lowest BCUT2D eigenvalue weighted by molar-refractivity contribution is -0.115. The van der Waals surface area contributed by atoms with Gasteiger partial charge < -0.3 is 9.84 Å². The number of aromatic nitrogens is 2. The molecule has 0 aliphatic carbocycles. The summed E-state index contributed by atoms with van der Waals surface area (Å²) in [7, 11) is 0. The predicted molar refractivity (Wildman–Crippen MR) is 98.9 cm³/mol. The number of anilines is 1. The fourth-order valence-corrected chi connectivity index (χ4v) is 3.33. The van der Waals surface area contributed by atoms with Crippen LogP contribution in [0.4, 0.5) is 5.13 Å². The van der Waals surface area contributed by atoms with E-state index in [1.807, 2.05) is 53.9 Å². The summed E-state index contributed by atoms with van der Waals surface area (Å²) < 4.78 is 5.22. The smallest absolute Gasteiger partial charge is 0.232 e. The highest BCUT2D eigenvalue weighted by Crippen LogP contribution is 2.26. The Kier molecular flexibility index (Phi) is 4.21. The second kappa shape index (κ2) is 6.66. The Morgan fingerprint density at radius 2 is 1.96 bits per heavy atom. The standard InChI is InChI=1S/C18H12ClN3O2S/c19-12-7-5-11(6-8-12)15-10-25-18(20-15)21-17(23)9-14-13-3-1-2-4-16(13)24-22-14/h1-8,10H,9H2,(H,20,21,23). The van der Waals surface area contributed by atoms with Gasteiger partial charge in [-0.15, -0.1) is 11.3 Å². The topological polar surface area (TPSA) is 68.0 Å². The van der Waals surface area contributed by atoms with Gasteiger partial charge >= 0.3 is 0 Å². The lowest BCUT2D eigenvalue weighted by Gasteiger charge is -2.00. The van der Waals surface area contributed by atoms with Gasteiger partial charge in [-0.1, -0.05) is 41.0 Å². The maximum absolute atomic E-state index is 12.3. The van der Waals surface area contributed by atoms with Gasteiger partial charge in [0, 0.05) is 21.4 Å². The molecule has 0 radical (unpaired) electrons. The lowest BCUT2D eigenvalue weighted by Crippen LogP contribution is -2.14. The highest BCUT2D eigenvalue weighted by molar-refractivity contribution is 7.14. The van der Waals surface area contributed by atoms with Crippen LogP contribution in [0.15, 0.2) is 58.4 Å². The number of thiazole rings is 1. The third kappa shape index (κ3) is 3.40. The van der Waals surface area contributed by atoms with Crippen LogP contribution in [-0.4, -0.2) is 16.0 Å². The van der Waals surface area contributed by atoms with Gasteiger partial charge in [0.25, 0.3) is 0 Å². The number of fused-ring (bicyclic) bond motifs is 1. The Hall–Kier alpha value is -2.70. The number of carbonyl (C=O) groups is 1. The van der Waals surface area contributed by atoms with Gasteiger partial charge in [-0.3, -0.25) is 4.79 Å². The number of rotatable bonds is 4. The number of carbonyl (C=O) groups excluding carboxylic acids is 1. The van der Waals surface area contributed by atoms with E-state index in [1.54, 1.807) is 0 Å². The summed E-state index contributed by atoms with van der Waals surface area (Å²) in [5, 5.41) is 10.7. The summed E-state index contributed by atoms with van der Waals surface area (Å²) in [6.07, 6.45) is 0.132. The Labute approximate surface area is 152 Å². The predicted octanol–water partition coefficient (Wildman–Crippen LogP) is 4.79. The van der Waals surface area contributed by atoms with Crippen LogP contribution in [0.3, 0.4) is 0 Å². The van der Waals surface area contributed by atoms with Crippen molar-refractivity contribution in [3.05, 3.63) is 64.6 Å². The van der Waals surface area contributed by atoms with Crippen molar-refractivity contribution in [2.24, 2.45) is 0 Å². The molecule has 124 valence electrons. The Morgan fingerprint density at radius 3 is 2.80 bits per heavy atom. The molecule has 2 heterocycles. The first-order chi connectivity index (χ1) is 12.2. The van der Waals surface area contributed by atoms with E-state index in [2.05, 4.69) is 15.5 Å². The van der Waals surface area contributed by atoms with E-state index < -0.39 is 0 Å². The minimum Gasteiger partial charge on any atom is -0.356 e. The van der Waals surface area contributed by atoms with Crippen molar-refractivity contribution < 1.29 is 9.32 Å². The molecule has 2 aromatic heterocycles. The molecular weight excluding hydrogens is 358 g/mol. The Balaban J connectivity index is 1.47. The lowest BCUT2D eigenvalue weighted by atomic mass is 10.2. The van der Waals surface area contributed by atoms with Crippen LogP contribution in [0.25, 0.3) is 22.2 Å². The number of nitrogens with zero attached hydrogens (tertiary/aromatic N) is 2. The third-order valence-corrected chi connectivity index (χ3v) is 4.68. The second-order valence-electron chi connectivity index (χ2n) is 5.40. The highest BCUT2D eigenvalue weighted by atomic mass is 35.5. The molecule has 0 unspecified atom stereocenters. The van der Waals surface area contributed by atoms with Gasteiger partial charge in [-0.25, -0.2) is 4.98 Å². The molecule has 0 saturated carbocycles.